The fourth-order valence-electron chi connectivity index (χ4n) is 2.10. The average Bonchev–Trinajstić information content (AvgIpc) is 2.17. The van der Waals surface area contributed by atoms with Crippen LogP contribution in [0.1, 0.15) is 18.4 Å². The first-order valence-electron chi connectivity index (χ1n) is 5.45. The first-order chi connectivity index (χ1) is 7.15. The Hall–Kier alpha value is -1.22. The van der Waals surface area contributed by atoms with Gasteiger partial charge < -0.3 is 15.7 Å². The maximum Gasteiger partial charge on any atom is 0.0574 e. The maximum absolute atomic E-state index is 9.43. The molecule has 3 heteroatoms. The Labute approximate surface area is 90.5 Å². The molecule has 0 saturated carbocycles. The van der Waals surface area contributed by atoms with Crippen LogP contribution in [0.5, 0.6) is 0 Å². The van der Waals surface area contributed by atoms with Crippen LogP contribution in [0.4, 0.5) is 11.4 Å². The average molecular weight is 206 g/mol. The van der Waals surface area contributed by atoms with Crippen molar-refractivity contribution in [3.63, 3.8) is 0 Å². The minimum atomic E-state index is -0.122. The zero-order valence-corrected chi connectivity index (χ0v) is 9.11. The SMILES string of the molecule is Cc1cc(N)cc(N2CCC(O)CC2)c1. The molecule has 0 radical (unpaired) electrons. The molecule has 0 amide bonds. The van der Waals surface area contributed by atoms with Crippen LogP contribution in [0.3, 0.4) is 0 Å². The lowest BCUT2D eigenvalue weighted by atomic mass is 10.1. The molecular weight excluding hydrogens is 188 g/mol. The van der Waals surface area contributed by atoms with E-state index in [1.54, 1.807) is 0 Å². The Morgan fingerprint density at radius 1 is 1.27 bits per heavy atom. The van der Waals surface area contributed by atoms with Gasteiger partial charge in [-0.25, -0.2) is 0 Å². The van der Waals surface area contributed by atoms with Crippen molar-refractivity contribution in [2.45, 2.75) is 25.9 Å². The molecule has 3 N–H and O–H groups in total. The number of piperidine rings is 1. The van der Waals surface area contributed by atoms with Crippen LogP contribution in [-0.4, -0.2) is 24.3 Å². The molecule has 1 saturated heterocycles. The Kier molecular flexibility index (Phi) is 2.82. The van der Waals surface area contributed by atoms with Gasteiger partial charge in [0.25, 0.3) is 0 Å². The molecule has 0 bridgehead atoms. The number of hydrogen-bond acceptors (Lipinski definition) is 3. The van der Waals surface area contributed by atoms with Crippen LogP contribution in [0.15, 0.2) is 18.2 Å². The van der Waals surface area contributed by atoms with E-state index in [1.807, 2.05) is 12.1 Å². The number of nitrogens with two attached hydrogens (primary N) is 1. The van der Waals surface area contributed by atoms with E-state index in [-0.39, 0.29) is 6.10 Å². The number of anilines is 2. The minimum Gasteiger partial charge on any atom is -0.399 e. The highest BCUT2D eigenvalue weighted by Crippen LogP contribution is 2.23. The molecule has 1 heterocycles. The van der Waals surface area contributed by atoms with Gasteiger partial charge in [-0.05, 0) is 43.5 Å². The number of aliphatic hydroxyl groups excluding tert-OH is 1. The molecule has 1 fully saturated rings. The molecule has 2 rings (SSSR count). The third kappa shape index (κ3) is 2.42. The Morgan fingerprint density at radius 3 is 2.53 bits per heavy atom. The predicted molar refractivity (Wildman–Crippen MR) is 63.0 cm³/mol. The first-order valence-corrected chi connectivity index (χ1v) is 5.45. The summed E-state index contributed by atoms with van der Waals surface area (Å²) in [4.78, 5) is 2.29. The molecule has 1 aliphatic rings. The van der Waals surface area contributed by atoms with E-state index in [1.165, 1.54) is 11.3 Å². The number of nitrogen functional groups attached to an aromatic ring is 1. The highest BCUT2D eigenvalue weighted by atomic mass is 16.3. The Morgan fingerprint density at radius 2 is 1.93 bits per heavy atom. The first kappa shape index (κ1) is 10.3. The normalized spacial score (nSPS) is 18.1. The summed E-state index contributed by atoms with van der Waals surface area (Å²) < 4.78 is 0. The van der Waals surface area contributed by atoms with Gasteiger partial charge in [0.2, 0.25) is 0 Å². The zero-order valence-electron chi connectivity index (χ0n) is 9.11. The smallest absolute Gasteiger partial charge is 0.0574 e. The Bertz CT molecular complexity index is 323. The molecule has 0 aromatic heterocycles. The minimum absolute atomic E-state index is 0.122. The van der Waals surface area contributed by atoms with Gasteiger partial charge in [0, 0.05) is 24.5 Å². The fraction of sp³-hybridized carbons (Fsp3) is 0.500. The standard InChI is InChI=1S/C12H18N2O/c1-9-6-10(13)8-11(7-9)14-4-2-12(15)3-5-14/h6-8,12,15H,2-5,13H2,1H3. The molecular formula is C12H18N2O. The summed E-state index contributed by atoms with van der Waals surface area (Å²) in [5.74, 6) is 0. The monoisotopic (exact) mass is 206 g/mol. The van der Waals surface area contributed by atoms with Crippen molar-refractivity contribution in [1.82, 2.24) is 0 Å². The number of nitrogens with zero attached hydrogens (tertiary/aromatic N) is 1. The van der Waals surface area contributed by atoms with Crippen molar-refractivity contribution in [2.24, 2.45) is 0 Å². The summed E-state index contributed by atoms with van der Waals surface area (Å²) in [6.45, 7) is 3.90. The molecule has 3 nitrogen and oxygen atoms in total. The molecule has 1 aromatic rings. The van der Waals surface area contributed by atoms with Crippen LogP contribution in [-0.2, 0) is 0 Å². The van der Waals surface area contributed by atoms with E-state index >= 15 is 0 Å². The lowest BCUT2D eigenvalue weighted by Crippen LogP contribution is -2.35. The number of hydrogen-bond donors (Lipinski definition) is 2. The third-order valence-electron chi connectivity index (χ3n) is 2.91. The third-order valence-corrected chi connectivity index (χ3v) is 2.91. The fourth-order valence-corrected chi connectivity index (χ4v) is 2.10. The molecule has 15 heavy (non-hydrogen) atoms. The van der Waals surface area contributed by atoms with E-state index in [2.05, 4.69) is 17.9 Å². The summed E-state index contributed by atoms with van der Waals surface area (Å²) >= 11 is 0. The molecule has 0 unspecified atom stereocenters. The summed E-state index contributed by atoms with van der Waals surface area (Å²) in [5, 5.41) is 9.43. The number of benzene rings is 1. The van der Waals surface area contributed by atoms with Gasteiger partial charge in [-0.3, -0.25) is 0 Å². The molecule has 1 aliphatic heterocycles. The zero-order chi connectivity index (χ0) is 10.8. The van der Waals surface area contributed by atoms with Gasteiger partial charge in [-0.15, -0.1) is 0 Å². The molecule has 0 aliphatic carbocycles. The van der Waals surface area contributed by atoms with Crippen LogP contribution in [0, 0.1) is 6.92 Å². The molecule has 0 atom stereocenters. The van der Waals surface area contributed by atoms with Gasteiger partial charge in [0.05, 0.1) is 6.10 Å². The van der Waals surface area contributed by atoms with Crippen molar-refractivity contribution >= 4 is 11.4 Å². The molecule has 0 spiro atoms. The number of aliphatic hydroxyl groups is 1. The van der Waals surface area contributed by atoms with E-state index in [0.29, 0.717) is 0 Å². The lowest BCUT2D eigenvalue weighted by Gasteiger charge is -2.31. The van der Waals surface area contributed by atoms with Crippen LogP contribution >= 0.6 is 0 Å². The van der Waals surface area contributed by atoms with E-state index < -0.39 is 0 Å². The second-order valence-electron chi connectivity index (χ2n) is 4.32. The topological polar surface area (TPSA) is 49.5 Å². The quantitative estimate of drug-likeness (QED) is 0.685. The molecule has 1 aromatic carbocycles. The highest BCUT2D eigenvalue weighted by Gasteiger charge is 2.17. The summed E-state index contributed by atoms with van der Waals surface area (Å²) in [5.41, 5.74) is 9.00. The van der Waals surface area contributed by atoms with Gasteiger partial charge in [0.1, 0.15) is 0 Å². The van der Waals surface area contributed by atoms with Crippen molar-refractivity contribution in [1.29, 1.82) is 0 Å². The predicted octanol–water partition coefficient (Wildman–Crippen LogP) is 1.54. The van der Waals surface area contributed by atoms with Gasteiger partial charge in [0.15, 0.2) is 0 Å². The van der Waals surface area contributed by atoms with Crippen molar-refractivity contribution in [3.05, 3.63) is 23.8 Å². The van der Waals surface area contributed by atoms with E-state index in [0.717, 1.165) is 31.6 Å². The van der Waals surface area contributed by atoms with E-state index in [9.17, 15) is 5.11 Å². The van der Waals surface area contributed by atoms with Crippen LogP contribution in [0.25, 0.3) is 0 Å². The van der Waals surface area contributed by atoms with Crippen molar-refractivity contribution in [3.8, 4) is 0 Å². The second kappa shape index (κ2) is 4.11. The van der Waals surface area contributed by atoms with E-state index in [4.69, 9.17) is 5.73 Å². The lowest BCUT2D eigenvalue weighted by molar-refractivity contribution is 0.145. The summed E-state index contributed by atoms with van der Waals surface area (Å²) in [7, 11) is 0. The number of rotatable bonds is 1. The summed E-state index contributed by atoms with van der Waals surface area (Å²) in [6.07, 6.45) is 1.59. The van der Waals surface area contributed by atoms with Gasteiger partial charge in [-0.2, -0.15) is 0 Å². The molecule has 82 valence electrons. The van der Waals surface area contributed by atoms with Crippen LogP contribution < -0.4 is 10.6 Å². The van der Waals surface area contributed by atoms with Crippen molar-refractivity contribution in [2.75, 3.05) is 23.7 Å². The highest BCUT2D eigenvalue weighted by molar-refractivity contribution is 5.58. The Balaban J connectivity index is 2.15. The van der Waals surface area contributed by atoms with Crippen molar-refractivity contribution < 1.29 is 5.11 Å². The van der Waals surface area contributed by atoms with Gasteiger partial charge in [-0.1, -0.05) is 0 Å². The summed E-state index contributed by atoms with van der Waals surface area (Å²) in [6, 6.07) is 6.13. The van der Waals surface area contributed by atoms with Gasteiger partial charge >= 0.3 is 0 Å². The second-order valence-corrected chi connectivity index (χ2v) is 4.32. The van der Waals surface area contributed by atoms with Crippen LogP contribution in [0.2, 0.25) is 0 Å². The largest absolute Gasteiger partial charge is 0.399 e. The number of aryl methyl sites for hydroxylation is 1. The maximum atomic E-state index is 9.43.